The van der Waals surface area contributed by atoms with Gasteiger partial charge in [-0.2, -0.15) is 0 Å². The highest BCUT2D eigenvalue weighted by Crippen LogP contribution is 2.47. The van der Waals surface area contributed by atoms with Crippen molar-refractivity contribution in [2.45, 2.75) is 85.9 Å². The van der Waals surface area contributed by atoms with Crippen LogP contribution in [-0.2, 0) is 19.1 Å². The van der Waals surface area contributed by atoms with Crippen molar-refractivity contribution in [2.24, 2.45) is 23.0 Å². The first kappa shape index (κ1) is 26.4. The number of ether oxygens (including phenoxy) is 2. The number of hydrogen-bond donors (Lipinski definition) is 3. The van der Waals surface area contributed by atoms with Crippen LogP contribution >= 0.6 is 0 Å². The molecular formula is C24H41N2O6+. The first-order chi connectivity index (χ1) is 14.8. The first-order valence-corrected chi connectivity index (χ1v) is 11.7. The maximum atomic E-state index is 13.7. The molecule has 0 unspecified atom stereocenters. The zero-order chi connectivity index (χ0) is 24.3. The predicted molar refractivity (Wildman–Crippen MR) is 120 cm³/mol. The molecule has 0 spiro atoms. The third-order valence-corrected chi connectivity index (χ3v) is 6.36. The fourth-order valence-corrected chi connectivity index (χ4v) is 4.79. The molecule has 0 fully saturated rings. The van der Waals surface area contributed by atoms with Gasteiger partial charge in [-0.15, -0.1) is 0 Å². The number of rotatable bonds is 10. The lowest BCUT2D eigenvalue weighted by Crippen LogP contribution is -2.60. The van der Waals surface area contributed by atoms with E-state index in [9.17, 15) is 14.8 Å². The molecule has 1 heterocycles. The van der Waals surface area contributed by atoms with Crippen molar-refractivity contribution < 1.29 is 34.0 Å². The summed E-state index contributed by atoms with van der Waals surface area (Å²) in [5.41, 5.74) is 6.70. The summed E-state index contributed by atoms with van der Waals surface area (Å²) in [5, 5.41) is 20.8. The van der Waals surface area contributed by atoms with Crippen LogP contribution in [0.15, 0.2) is 23.2 Å². The molecule has 0 bridgehead atoms. The number of aliphatic carboxylic acids is 1. The standard InChI is InChI=1S/C24H40N2O6/c1-7-9-17(10-8-11-20(27)28)23(29)26(30)13-16(4)32-22-18(14-31-15(2)3)24(5,6)12-19(25)21(22)26/h12,15-18,30H,7-11,13-14,25H2,1-6H3/p+1/t16-,17+,18-,26+/m1/s1. The Labute approximate surface area is 191 Å². The Morgan fingerprint density at radius 3 is 2.56 bits per heavy atom. The zero-order valence-electron chi connectivity index (χ0n) is 20.4. The van der Waals surface area contributed by atoms with Crippen LogP contribution < -0.4 is 5.73 Å². The van der Waals surface area contributed by atoms with Gasteiger partial charge in [0.2, 0.25) is 5.70 Å². The second kappa shape index (κ2) is 10.4. The molecule has 0 aromatic carbocycles. The molecule has 1 amide bonds. The molecule has 0 radical (unpaired) electrons. The highest BCUT2D eigenvalue weighted by Gasteiger charge is 2.56. The largest absolute Gasteiger partial charge is 0.482 e. The van der Waals surface area contributed by atoms with Gasteiger partial charge in [-0.25, -0.2) is 10.0 Å². The minimum Gasteiger partial charge on any atom is -0.482 e. The molecule has 0 saturated heterocycles. The van der Waals surface area contributed by atoms with Gasteiger partial charge < -0.3 is 20.3 Å². The molecule has 2 aliphatic rings. The fraction of sp³-hybridized carbons (Fsp3) is 0.750. The van der Waals surface area contributed by atoms with Crippen molar-refractivity contribution in [3.8, 4) is 0 Å². The lowest BCUT2D eigenvalue weighted by molar-refractivity contribution is -1.01. The van der Waals surface area contributed by atoms with Crippen molar-refractivity contribution >= 4 is 11.9 Å². The second-order valence-corrected chi connectivity index (χ2v) is 10.1. The van der Waals surface area contributed by atoms with E-state index in [1.807, 2.05) is 47.6 Å². The van der Waals surface area contributed by atoms with E-state index in [1.165, 1.54) is 0 Å². The van der Waals surface area contributed by atoms with E-state index in [4.69, 9.17) is 20.3 Å². The summed E-state index contributed by atoms with van der Waals surface area (Å²) >= 11 is 0. The third-order valence-electron chi connectivity index (χ3n) is 6.36. The molecular weight excluding hydrogens is 412 g/mol. The van der Waals surface area contributed by atoms with Crippen molar-refractivity contribution in [2.75, 3.05) is 13.2 Å². The summed E-state index contributed by atoms with van der Waals surface area (Å²) in [6.07, 6.45) is 3.63. The molecule has 182 valence electrons. The van der Waals surface area contributed by atoms with Gasteiger partial charge in [-0.1, -0.05) is 31.8 Å². The summed E-state index contributed by atoms with van der Waals surface area (Å²) in [6, 6.07) is 0. The number of carbonyl (C=O) groups excluding carboxylic acids is 1. The SMILES string of the molecule is CCC[C@@H](CCCC(=O)O)C(=O)[N@+]1(O)C[C@@H](C)OC2=C1C(N)=CC(C)(C)[C@@H]2COC(C)C. The number of quaternary nitrogens is 1. The van der Waals surface area contributed by atoms with Gasteiger partial charge in [-0.3, -0.25) is 4.79 Å². The van der Waals surface area contributed by atoms with E-state index in [-0.39, 0.29) is 36.3 Å². The Balaban J connectivity index is 2.48. The van der Waals surface area contributed by atoms with E-state index in [2.05, 4.69) is 0 Å². The van der Waals surface area contributed by atoms with Crippen LogP contribution in [0.4, 0.5) is 0 Å². The number of hydrogen-bond acceptors (Lipinski definition) is 6. The average molecular weight is 454 g/mol. The van der Waals surface area contributed by atoms with Crippen molar-refractivity contribution in [1.29, 1.82) is 0 Å². The molecule has 0 aromatic heterocycles. The summed E-state index contributed by atoms with van der Waals surface area (Å²) in [7, 11) is 0. The number of carboxylic acid groups (broad SMARTS) is 1. The molecule has 1 aliphatic carbocycles. The lowest BCUT2D eigenvalue weighted by Gasteiger charge is -2.45. The summed E-state index contributed by atoms with van der Waals surface area (Å²) in [5.74, 6) is -1.38. The van der Waals surface area contributed by atoms with Gasteiger partial charge in [0.25, 0.3) is 0 Å². The fourth-order valence-electron chi connectivity index (χ4n) is 4.79. The molecule has 0 saturated carbocycles. The van der Waals surface area contributed by atoms with Crippen LogP contribution in [-0.4, -0.2) is 52.2 Å². The van der Waals surface area contributed by atoms with Gasteiger partial charge in [0.15, 0.2) is 12.3 Å². The molecule has 1 aliphatic heterocycles. The number of allylic oxidation sites excluding steroid dienone is 1. The molecule has 2 rings (SSSR count). The van der Waals surface area contributed by atoms with Crippen molar-refractivity contribution in [3.05, 3.63) is 23.2 Å². The summed E-state index contributed by atoms with van der Waals surface area (Å²) in [6.45, 7) is 12.3. The summed E-state index contributed by atoms with van der Waals surface area (Å²) in [4.78, 5) is 24.7. The average Bonchev–Trinajstić information content (AvgIpc) is 2.64. The highest BCUT2D eigenvalue weighted by atomic mass is 16.6. The van der Waals surface area contributed by atoms with Gasteiger partial charge in [0, 0.05) is 6.42 Å². The molecule has 4 N–H and O–H groups in total. The smallest absolute Gasteiger partial charge is 0.354 e. The molecule has 4 atom stereocenters. The zero-order valence-corrected chi connectivity index (χ0v) is 20.4. The van der Waals surface area contributed by atoms with Gasteiger partial charge in [-0.05, 0) is 51.5 Å². The second-order valence-electron chi connectivity index (χ2n) is 10.1. The molecule has 32 heavy (non-hydrogen) atoms. The lowest BCUT2D eigenvalue weighted by atomic mass is 9.73. The third kappa shape index (κ3) is 5.71. The van der Waals surface area contributed by atoms with Crippen LogP contribution in [0.3, 0.4) is 0 Å². The monoisotopic (exact) mass is 453 g/mol. The van der Waals surface area contributed by atoms with Gasteiger partial charge in [0.1, 0.15) is 6.10 Å². The molecule has 0 aromatic rings. The number of nitrogens with zero attached hydrogens (tertiary/aromatic N) is 1. The number of carboxylic acids is 1. The maximum absolute atomic E-state index is 13.7. The topological polar surface area (TPSA) is 119 Å². The highest BCUT2D eigenvalue weighted by molar-refractivity contribution is 5.73. The first-order valence-electron chi connectivity index (χ1n) is 11.7. The van der Waals surface area contributed by atoms with E-state index < -0.39 is 22.6 Å². The van der Waals surface area contributed by atoms with Gasteiger partial charge >= 0.3 is 11.9 Å². The van der Waals surface area contributed by atoms with E-state index in [0.717, 1.165) is 6.42 Å². The minimum atomic E-state index is -0.912. The predicted octanol–water partition coefficient (Wildman–Crippen LogP) is 3.94. The van der Waals surface area contributed by atoms with Crippen LogP contribution in [0.25, 0.3) is 0 Å². The van der Waals surface area contributed by atoms with Crippen LogP contribution in [0, 0.1) is 17.3 Å². The molecule has 8 heteroatoms. The Morgan fingerprint density at radius 1 is 1.34 bits per heavy atom. The van der Waals surface area contributed by atoms with Crippen LogP contribution in [0.2, 0.25) is 0 Å². The Hall–Kier alpha value is -1.90. The number of amides is 1. The number of nitrogens with two attached hydrogens (primary N) is 1. The van der Waals surface area contributed by atoms with Crippen LogP contribution in [0.5, 0.6) is 0 Å². The van der Waals surface area contributed by atoms with E-state index in [0.29, 0.717) is 43.0 Å². The van der Waals surface area contributed by atoms with Gasteiger partial charge in [0.05, 0.1) is 30.2 Å². The normalized spacial score (nSPS) is 28.1. The van der Waals surface area contributed by atoms with Crippen LogP contribution in [0.1, 0.15) is 73.6 Å². The Bertz CT molecular complexity index is 772. The minimum absolute atomic E-state index is 0.00275. The Morgan fingerprint density at radius 2 is 2.00 bits per heavy atom. The Kier molecular flexibility index (Phi) is 8.53. The van der Waals surface area contributed by atoms with Crippen molar-refractivity contribution in [1.82, 2.24) is 0 Å². The maximum Gasteiger partial charge on any atom is 0.354 e. The summed E-state index contributed by atoms with van der Waals surface area (Å²) < 4.78 is 11.2. The number of hydroxylamine groups is 3. The van der Waals surface area contributed by atoms with Crippen molar-refractivity contribution in [3.63, 3.8) is 0 Å². The molecule has 8 nitrogen and oxygen atoms in total. The quantitative estimate of drug-likeness (QED) is 0.338. The van der Waals surface area contributed by atoms with E-state index >= 15 is 0 Å². The van der Waals surface area contributed by atoms with E-state index in [1.54, 1.807) is 0 Å². The number of carbonyl (C=O) groups is 2.